The van der Waals surface area contributed by atoms with Crippen LogP contribution in [0.2, 0.25) is 0 Å². The third-order valence-electron chi connectivity index (χ3n) is 4.00. The fourth-order valence-corrected chi connectivity index (χ4v) is 2.77. The predicted octanol–water partition coefficient (Wildman–Crippen LogP) is 2.90. The summed E-state index contributed by atoms with van der Waals surface area (Å²) >= 11 is 5.32. The smallest absolute Gasteiger partial charge is 0.225 e. The third kappa shape index (κ3) is 2.12. The van der Waals surface area contributed by atoms with Crippen molar-refractivity contribution in [3.8, 4) is 0 Å². The molecule has 5 heteroatoms. The number of nitrogens with zero attached hydrogens (tertiary/aromatic N) is 3. The largest absolute Gasteiger partial charge is 0.341 e. The van der Waals surface area contributed by atoms with Crippen molar-refractivity contribution in [1.29, 1.82) is 0 Å². The Morgan fingerprint density at radius 3 is 2.53 bits per heavy atom. The number of aromatic amines is 1. The number of H-pyrrole nitrogens is 1. The molecule has 0 bridgehead atoms. The monoisotopic (exact) mass is 252 g/mol. The second kappa shape index (κ2) is 3.83. The number of piperidine rings is 1. The standard InChI is InChI=1S/C12H20N4S/c1-12(2)5-7-15(8-6-12)10-13-14-11(17)16(10)9-3-4-9/h9H,3-8H2,1-2H3,(H,14,17). The third-order valence-corrected chi connectivity index (χ3v) is 4.29. The Morgan fingerprint density at radius 2 is 1.94 bits per heavy atom. The maximum absolute atomic E-state index is 5.32. The van der Waals surface area contributed by atoms with Gasteiger partial charge in [-0.2, -0.15) is 0 Å². The van der Waals surface area contributed by atoms with Crippen molar-refractivity contribution in [3.05, 3.63) is 4.77 Å². The Kier molecular flexibility index (Phi) is 2.54. The lowest BCUT2D eigenvalue weighted by molar-refractivity contribution is 0.277. The summed E-state index contributed by atoms with van der Waals surface area (Å²) in [6.45, 7) is 6.89. The molecule has 0 unspecified atom stereocenters. The van der Waals surface area contributed by atoms with E-state index in [0.717, 1.165) is 23.8 Å². The number of nitrogens with one attached hydrogen (secondary N) is 1. The van der Waals surface area contributed by atoms with Crippen molar-refractivity contribution < 1.29 is 0 Å². The van der Waals surface area contributed by atoms with Crippen molar-refractivity contribution in [2.75, 3.05) is 18.0 Å². The van der Waals surface area contributed by atoms with E-state index < -0.39 is 0 Å². The van der Waals surface area contributed by atoms with E-state index in [4.69, 9.17) is 12.2 Å². The van der Waals surface area contributed by atoms with Crippen molar-refractivity contribution in [3.63, 3.8) is 0 Å². The van der Waals surface area contributed by atoms with Gasteiger partial charge in [-0.05, 0) is 43.3 Å². The van der Waals surface area contributed by atoms with E-state index in [-0.39, 0.29) is 0 Å². The number of aromatic nitrogens is 3. The van der Waals surface area contributed by atoms with Gasteiger partial charge in [-0.25, -0.2) is 5.10 Å². The van der Waals surface area contributed by atoms with Crippen LogP contribution in [0.15, 0.2) is 0 Å². The lowest BCUT2D eigenvalue weighted by Gasteiger charge is -2.37. The van der Waals surface area contributed by atoms with Crippen LogP contribution in [-0.2, 0) is 0 Å². The molecule has 2 heterocycles. The first-order valence-electron chi connectivity index (χ1n) is 6.49. The van der Waals surface area contributed by atoms with Gasteiger partial charge < -0.3 is 4.90 Å². The lowest BCUT2D eigenvalue weighted by Crippen LogP contribution is -2.38. The van der Waals surface area contributed by atoms with Crippen LogP contribution in [0.5, 0.6) is 0 Å². The van der Waals surface area contributed by atoms with Crippen LogP contribution in [0.25, 0.3) is 0 Å². The zero-order chi connectivity index (χ0) is 12.0. The Labute approximate surface area is 107 Å². The average molecular weight is 252 g/mol. The molecule has 94 valence electrons. The maximum Gasteiger partial charge on any atom is 0.225 e. The molecule has 1 aromatic rings. The molecule has 1 N–H and O–H groups in total. The molecule has 4 nitrogen and oxygen atoms in total. The van der Waals surface area contributed by atoms with Crippen molar-refractivity contribution in [1.82, 2.24) is 14.8 Å². The van der Waals surface area contributed by atoms with Crippen LogP contribution in [-0.4, -0.2) is 27.9 Å². The van der Waals surface area contributed by atoms with E-state index >= 15 is 0 Å². The van der Waals surface area contributed by atoms with Gasteiger partial charge in [0.2, 0.25) is 5.95 Å². The normalized spacial score (nSPS) is 24.0. The molecule has 1 saturated carbocycles. The van der Waals surface area contributed by atoms with Gasteiger partial charge in [0.05, 0.1) is 0 Å². The summed E-state index contributed by atoms with van der Waals surface area (Å²) in [6, 6.07) is 0.603. The van der Waals surface area contributed by atoms with Crippen molar-refractivity contribution in [2.45, 2.75) is 45.6 Å². The van der Waals surface area contributed by atoms with Gasteiger partial charge in [-0.1, -0.05) is 13.8 Å². The van der Waals surface area contributed by atoms with Crippen LogP contribution < -0.4 is 4.90 Å². The van der Waals surface area contributed by atoms with E-state index in [9.17, 15) is 0 Å². The summed E-state index contributed by atoms with van der Waals surface area (Å²) in [4.78, 5) is 2.38. The summed E-state index contributed by atoms with van der Waals surface area (Å²) in [6.07, 6.45) is 4.97. The summed E-state index contributed by atoms with van der Waals surface area (Å²) in [5.41, 5.74) is 0.480. The molecule has 0 atom stereocenters. The molecule has 3 rings (SSSR count). The predicted molar refractivity (Wildman–Crippen MR) is 70.9 cm³/mol. The SMILES string of the molecule is CC1(C)CCN(c2n[nH]c(=S)n2C2CC2)CC1. The van der Waals surface area contributed by atoms with Gasteiger partial charge in [-0.15, -0.1) is 5.10 Å². The first kappa shape index (κ1) is 11.3. The summed E-state index contributed by atoms with van der Waals surface area (Å²) in [5, 5.41) is 7.37. The van der Waals surface area contributed by atoms with Crippen molar-refractivity contribution >= 4 is 18.2 Å². The molecule has 0 aromatic carbocycles. The molecule has 0 spiro atoms. The molecular weight excluding hydrogens is 232 g/mol. The highest BCUT2D eigenvalue weighted by atomic mass is 32.1. The minimum absolute atomic E-state index is 0.480. The molecule has 2 fully saturated rings. The van der Waals surface area contributed by atoms with E-state index in [0.29, 0.717) is 11.5 Å². The van der Waals surface area contributed by atoms with Crippen LogP contribution in [0, 0.1) is 10.2 Å². The Bertz CT molecular complexity index is 459. The van der Waals surface area contributed by atoms with E-state index in [1.165, 1.54) is 25.7 Å². The Morgan fingerprint density at radius 1 is 1.29 bits per heavy atom. The topological polar surface area (TPSA) is 36.9 Å². The quantitative estimate of drug-likeness (QED) is 0.822. The van der Waals surface area contributed by atoms with Gasteiger partial charge in [-0.3, -0.25) is 4.57 Å². The second-order valence-electron chi connectivity index (χ2n) is 6.08. The van der Waals surface area contributed by atoms with Crippen LogP contribution in [0.3, 0.4) is 0 Å². The first-order valence-corrected chi connectivity index (χ1v) is 6.89. The number of anilines is 1. The Hall–Kier alpha value is -0.840. The van der Waals surface area contributed by atoms with Gasteiger partial charge in [0.1, 0.15) is 0 Å². The van der Waals surface area contributed by atoms with Crippen molar-refractivity contribution in [2.24, 2.45) is 5.41 Å². The first-order chi connectivity index (χ1) is 8.07. The Balaban J connectivity index is 1.83. The van der Waals surface area contributed by atoms with E-state index in [2.05, 4.69) is 33.5 Å². The van der Waals surface area contributed by atoms with Gasteiger partial charge in [0, 0.05) is 19.1 Å². The fourth-order valence-electron chi connectivity index (χ4n) is 2.49. The second-order valence-corrected chi connectivity index (χ2v) is 6.47. The zero-order valence-corrected chi connectivity index (χ0v) is 11.4. The highest BCUT2D eigenvalue weighted by Crippen LogP contribution is 2.39. The molecule has 1 saturated heterocycles. The van der Waals surface area contributed by atoms with Crippen LogP contribution in [0.1, 0.15) is 45.6 Å². The maximum atomic E-state index is 5.32. The van der Waals surface area contributed by atoms with Gasteiger partial charge >= 0.3 is 0 Å². The summed E-state index contributed by atoms with van der Waals surface area (Å²) < 4.78 is 3.00. The number of rotatable bonds is 2. The highest BCUT2D eigenvalue weighted by molar-refractivity contribution is 7.71. The molecular formula is C12H20N4S. The molecule has 2 aliphatic rings. The summed E-state index contributed by atoms with van der Waals surface area (Å²) in [5.74, 6) is 1.06. The van der Waals surface area contributed by atoms with Crippen LogP contribution in [0.4, 0.5) is 5.95 Å². The minimum Gasteiger partial charge on any atom is -0.341 e. The fraction of sp³-hybridized carbons (Fsp3) is 0.833. The number of hydrogen-bond acceptors (Lipinski definition) is 3. The molecule has 17 heavy (non-hydrogen) atoms. The van der Waals surface area contributed by atoms with E-state index in [1.807, 2.05) is 0 Å². The van der Waals surface area contributed by atoms with E-state index in [1.54, 1.807) is 0 Å². The molecule has 1 aliphatic carbocycles. The highest BCUT2D eigenvalue weighted by Gasteiger charge is 2.32. The van der Waals surface area contributed by atoms with Gasteiger partial charge in [0.15, 0.2) is 4.77 Å². The molecule has 0 amide bonds. The molecule has 0 radical (unpaired) electrons. The number of hydrogen-bond donors (Lipinski definition) is 1. The lowest BCUT2D eigenvalue weighted by atomic mass is 9.83. The molecule has 1 aromatic heterocycles. The minimum atomic E-state index is 0.480. The van der Waals surface area contributed by atoms with Crippen LogP contribution >= 0.6 is 12.2 Å². The molecule has 1 aliphatic heterocycles. The zero-order valence-electron chi connectivity index (χ0n) is 10.6. The average Bonchev–Trinajstić information content (AvgIpc) is 3.03. The summed E-state index contributed by atoms with van der Waals surface area (Å²) in [7, 11) is 0. The van der Waals surface area contributed by atoms with Gasteiger partial charge in [0.25, 0.3) is 0 Å².